The first-order valence-electron chi connectivity index (χ1n) is 13.9. The Morgan fingerprint density at radius 2 is 1.03 bits per heavy atom. The van der Waals surface area contributed by atoms with Gasteiger partial charge in [0.2, 0.25) is 0 Å². The van der Waals surface area contributed by atoms with Gasteiger partial charge in [0.05, 0.1) is 0 Å². The first-order valence-corrected chi connectivity index (χ1v) is 13.9. The first kappa shape index (κ1) is 24.7. The van der Waals surface area contributed by atoms with E-state index in [1.807, 2.05) is 18.2 Å². The van der Waals surface area contributed by atoms with Crippen LogP contribution in [0.15, 0.2) is 49.1 Å². The summed E-state index contributed by atoms with van der Waals surface area (Å²) in [6, 6.07) is 10.3. The molecule has 0 aromatic heterocycles. The lowest BCUT2D eigenvalue weighted by atomic mass is 9.67. The summed E-state index contributed by atoms with van der Waals surface area (Å²) in [5, 5.41) is 0. The van der Waals surface area contributed by atoms with Crippen molar-refractivity contribution in [3.8, 4) is 0 Å². The van der Waals surface area contributed by atoms with Crippen LogP contribution in [0.5, 0.6) is 0 Å². The summed E-state index contributed by atoms with van der Waals surface area (Å²) in [5.41, 5.74) is 2.45. The van der Waals surface area contributed by atoms with E-state index in [1.54, 1.807) is 24.3 Å². The molecule has 0 radical (unpaired) electrons. The van der Waals surface area contributed by atoms with Gasteiger partial charge in [0.1, 0.15) is 17.5 Å². The van der Waals surface area contributed by atoms with E-state index in [1.165, 1.54) is 18.4 Å². The number of hydrogen-bond acceptors (Lipinski definition) is 0. The highest BCUT2D eigenvalue weighted by atomic mass is 19.1. The van der Waals surface area contributed by atoms with Gasteiger partial charge in [-0.15, -0.1) is 6.58 Å². The molecular weight excluding hydrogens is 441 g/mol. The number of halogens is 3. The summed E-state index contributed by atoms with van der Waals surface area (Å²) in [6.07, 6.45) is 14.8. The Morgan fingerprint density at radius 3 is 1.54 bits per heavy atom. The summed E-state index contributed by atoms with van der Waals surface area (Å²) in [5.74, 6) is 1.93. The summed E-state index contributed by atoms with van der Waals surface area (Å²) < 4.78 is 43.6. The van der Waals surface area contributed by atoms with Gasteiger partial charge in [-0.3, -0.25) is 0 Å². The quantitative estimate of drug-likeness (QED) is 0.374. The maximum Gasteiger partial charge on any atom is 0.129 e. The lowest BCUT2D eigenvalue weighted by Gasteiger charge is -2.38. The highest BCUT2D eigenvalue weighted by Gasteiger charge is 2.34. The van der Waals surface area contributed by atoms with Crippen molar-refractivity contribution >= 4 is 0 Å². The monoisotopic (exact) mass is 480 g/mol. The number of benzene rings is 2. The van der Waals surface area contributed by atoms with E-state index in [9.17, 15) is 4.39 Å². The molecule has 0 amide bonds. The van der Waals surface area contributed by atoms with Crippen LogP contribution >= 0.6 is 0 Å². The van der Waals surface area contributed by atoms with Gasteiger partial charge in [0.25, 0.3) is 0 Å². The van der Waals surface area contributed by atoms with Crippen LogP contribution in [0.2, 0.25) is 0 Å². The second kappa shape index (κ2) is 10.9. The number of allylic oxidation sites excluding steroid dienone is 1. The molecule has 0 atom stereocenters. The third-order valence-electron chi connectivity index (χ3n) is 9.64. The average Bonchev–Trinajstić information content (AvgIpc) is 2.89. The minimum Gasteiger partial charge on any atom is -0.207 e. The molecule has 3 aliphatic rings. The van der Waals surface area contributed by atoms with E-state index in [2.05, 4.69) is 6.58 Å². The van der Waals surface area contributed by atoms with Gasteiger partial charge in [-0.2, -0.15) is 0 Å². The summed E-state index contributed by atoms with van der Waals surface area (Å²) in [6.45, 7) is 3.90. The fourth-order valence-electron chi connectivity index (χ4n) is 7.46. The van der Waals surface area contributed by atoms with Gasteiger partial charge in [0.15, 0.2) is 0 Å². The Morgan fingerprint density at radius 1 is 0.571 bits per heavy atom. The zero-order valence-corrected chi connectivity index (χ0v) is 20.8. The fourth-order valence-corrected chi connectivity index (χ4v) is 7.46. The summed E-state index contributed by atoms with van der Waals surface area (Å²) in [4.78, 5) is 0. The zero-order valence-electron chi connectivity index (χ0n) is 20.8. The van der Waals surface area contributed by atoms with Crippen molar-refractivity contribution in [2.75, 3.05) is 0 Å². The normalized spacial score (nSPS) is 31.7. The SMILES string of the molecule is C=CC1CCC(c2cc(F)c(C3CCC(C4CCC(c5ccc(F)cc5)CC4)CC3)c(F)c2)CC1. The highest BCUT2D eigenvalue weighted by molar-refractivity contribution is 5.32. The molecular formula is C32H39F3. The van der Waals surface area contributed by atoms with Crippen LogP contribution in [0.1, 0.15) is 111 Å². The maximum absolute atomic E-state index is 15.2. The Hall–Kier alpha value is -2.03. The molecule has 0 saturated heterocycles. The first-order chi connectivity index (χ1) is 17.0. The standard InChI is InChI=1S/C32H39F3/c1-2-21-3-5-26(6-4-21)28-19-30(34)32(31(35)20-28)27-13-11-24(12-14-27)22-7-9-23(10-8-22)25-15-17-29(33)18-16-25/h2,15-24,26-27H,1,3-14H2. The highest BCUT2D eigenvalue weighted by Crippen LogP contribution is 2.47. The van der Waals surface area contributed by atoms with Crippen LogP contribution < -0.4 is 0 Å². The molecule has 5 rings (SSSR count). The molecule has 0 N–H and O–H groups in total. The lowest BCUT2D eigenvalue weighted by Crippen LogP contribution is -2.25. The largest absolute Gasteiger partial charge is 0.207 e. The number of hydrogen-bond donors (Lipinski definition) is 0. The average molecular weight is 481 g/mol. The van der Waals surface area contributed by atoms with Crippen LogP contribution in [-0.2, 0) is 0 Å². The molecule has 3 saturated carbocycles. The van der Waals surface area contributed by atoms with Crippen LogP contribution in [-0.4, -0.2) is 0 Å². The summed E-state index contributed by atoms with van der Waals surface area (Å²) >= 11 is 0. The van der Waals surface area contributed by atoms with Crippen LogP contribution in [0.25, 0.3) is 0 Å². The molecule has 0 spiro atoms. The van der Waals surface area contributed by atoms with Crippen molar-refractivity contribution in [2.45, 2.75) is 94.8 Å². The minimum atomic E-state index is -0.325. The molecule has 2 aromatic carbocycles. The molecule has 3 heteroatoms. The third kappa shape index (κ3) is 5.54. The smallest absolute Gasteiger partial charge is 0.129 e. The van der Waals surface area contributed by atoms with Gasteiger partial charge in [-0.1, -0.05) is 18.2 Å². The van der Waals surface area contributed by atoms with Gasteiger partial charge in [-0.25, -0.2) is 13.2 Å². The second-order valence-electron chi connectivity index (χ2n) is 11.5. The predicted octanol–water partition coefficient (Wildman–Crippen LogP) is 9.81. The Bertz CT molecular complexity index is 963. The van der Waals surface area contributed by atoms with E-state index < -0.39 is 0 Å². The van der Waals surface area contributed by atoms with Crippen molar-refractivity contribution in [3.63, 3.8) is 0 Å². The van der Waals surface area contributed by atoms with Crippen LogP contribution in [0, 0.1) is 35.2 Å². The zero-order chi connectivity index (χ0) is 24.4. The fraction of sp³-hybridized carbons (Fsp3) is 0.562. The molecule has 3 aliphatic carbocycles. The second-order valence-corrected chi connectivity index (χ2v) is 11.5. The van der Waals surface area contributed by atoms with Crippen molar-refractivity contribution < 1.29 is 13.2 Å². The number of rotatable bonds is 5. The minimum absolute atomic E-state index is 0.00681. The van der Waals surface area contributed by atoms with Crippen molar-refractivity contribution in [3.05, 3.63) is 83.2 Å². The topological polar surface area (TPSA) is 0 Å². The third-order valence-corrected chi connectivity index (χ3v) is 9.64. The van der Waals surface area contributed by atoms with Gasteiger partial charge < -0.3 is 0 Å². The van der Waals surface area contributed by atoms with Crippen molar-refractivity contribution in [1.82, 2.24) is 0 Å². The maximum atomic E-state index is 15.2. The molecule has 0 heterocycles. The summed E-state index contributed by atoms with van der Waals surface area (Å²) in [7, 11) is 0. The molecule has 0 bridgehead atoms. The molecule has 188 valence electrons. The lowest BCUT2D eigenvalue weighted by molar-refractivity contribution is 0.175. The Kier molecular flexibility index (Phi) is 7.70. The molecule has 0 nitrogen and oxygen atoms in total. The van der Waals surface area contributed by atoms with Crippen molar-refractivity contribution in [1.29, 1.82) is 0 Å². The van der Waals surface area contributed by atoms with E-state index in [0.29, 0.717) is 23.3 Å². The van der Waals surface area contributed by atoms with Gasteiger partial charge in [-0.05, 0) is 148 Å². The van der Waals surface area contributed by atoms with Gasteiger partial charge in [0, 0.05) is 5.56 Å². The molecule has 3 fully saturated rings. The van der Waals surface area contributed by atoms with E-state index in [0.717, 1.165) is 75.7 Å². The molecule has 35 heavy (non-hydrogen) atoms. The predicted molar refractivity (Wildman–Crippen MR) is 137 cm³/mol. The van der Waals surface area contributed by atoms with Gasteiger partial charge >= 0.3 is 0 Å². The molecule has 0 aliphatic heterocycles. The van der Waals surface area contributed by atoms with E-state index >= 15 is 8.78 Å². The van der Waals surface area contributed by atoms with Crippen molar-refractivity contribution in [2.24, 2.45) is 17.8 Å². The van der Waals surface area contributed by atoms with E-state index in [4.69, 9.17) is 0 Å². The van der Waals surface area contributed by atoms with E-state index in [-0.39, 0.29) is 29.3 Å². The van der Waals surface area contributed by atoms with Crippen LogP contribution in [0.4, 0.5) is 13.2 Å². The Labute approximate surface area is 209 Å². The molecule has 2 aromatic rings. The Balaban J connectivity index is 1.15. The molecule has 0 unspecified atom stereocenters. The van der Waals surface area contributed by atoms with Crippen LogP contribution in [0.3, 0.4) is 0 Å².